The predicted octanol–water partition coefficient (Wildman–Crippen LogP) is 5.89. The molecule has 0 fully saturated rings. The second kappa shape index (κ2) is 9.98. The van der Waals surface area contributed by atoms with Gasteiger partial charge in [0, 0.05) is 29.6 Å². The van der Waals surface area contributed by atoms with Crippen LogP contribution in [0.4, 0.5) is 8.78 Å². The predicted molar refractivity (Wildman–Crippen MR) is 112 cm³/mol. The molecule has 3 rings (SSSR count). The monoisotopic (exact) mass is 470 g/mol. The Bertz CT molecular complexity index is 1070. The molecule has 0 aliphatic heterocycles. The molecule has 31 heavy (non-hydrogen) atoms. The minimum Gasteiger partial charge on any atom is -0.489 e. The molecule has 2 aromatic carbocycles. The lowest BCUT2D eigenvalue weighted by Gasteiger charge is -2.12. The van der Waals surface area contributed by atoms with Gasteiger partial charge in [0.2, 0.25) is 0 Å². The summed E-state index contributed by atoms with van der Waals surface area (Å²) in [5.74, 6) is 0.153. The smallest absolute Gasteiger partial charge is 0.388 e. The molecule has 1 heterocycles. The first-order chi connectivity index (χ1) is 14.8. The fourth-order valence-electron chi connectivity index (χ4n) is 2.75. The van der Waals surface area contributed by atoms with Gasteiger partial charge < -0.3 is 14.2 Å². The number of rotatable bonds is 8. The van der Waals surface area contributed by atoms with Gasteiger partial charge in [-0.15, -0.1) is 5.10 Å². The van der Waals surface area contributed by atoms with Crippen molar-refractivity contribution in [2.45, 2.75) is 26.6 Å². The first-order valence-corrected chi connectivity index (χ1v) is 9.93. The number of alkyl halides is 2. The zero-order chi connectivity index (χ0) is 22.5. The van der Waals surface area contributed by atoms with E-state index in [1.165, 1.54) is 4.68 Å². The van der Waals surface area contributed by atoms with Gasteiger partial charge in [0.05, 0.1) is 5.69 Å². The second-order valence-corrected chi connectivity index (χ2v) is 7.18. The van der Waals surface area contributed by atoms with Crippen LogP contribution in [0.25, 0.3) is 11.3 Å². The Morgan fingerprint density at radius 3 is 2.52 bits per heavy atom. The number of esters is 1. The summed E-state index contributed by atoms with van der Waals surface area (Å²) in [6, 6.07) is 11.8. The third-order valence-corrected chi connectivity index (χ3v) is 4.80. The van der Waals surface area contributed by atoms with E-state index in [4.69, 9.17) is 32.7 Å². The Kier molecular flexibility index (Phi) is 7.35. The fourth-order valence-corrected chi connectivity index (χ4v) is 3.23. The van der Waals surface area contributed by atoms with E-state index in [0.29, 0.717) is 33.3 Å². The van der Waals surface area contributed by atoms with Gasteiger partial charge in [0.15, 0.2) is 0 Å². The second-order valence-electron chi connectivity index (χ2n) is 6.36. The average Bonchev–Trinajstić information content (AvgIpc) is 3.00. The van der Waals surface area contributed by atoms with Crippen molar-refractivity contribution in [3.63, 3.8) is 0 Å². The zero-order valence-corrected chi connectivity index (χ0v) is 18.1. The average molecular weight is 471 g/mol. The van der Waals surface area contributed by atoms with Gasteiger partial charge in [-0.1, -0.05) is 36.2 Å². The summed E-state index contributed by atoms with van der Waals surface area (Å²) in [4.78, 5) is 11.6. The lowest BCUT2D eigenvalue weighted by atomic mass is 10.1. The quantitative estimate of drug-likeness (QED) is 0.303. The molecular weight excluding hydrogens is 453 g/mol. The lowest BCUT2D eigenvalue weighted by Crippen LogP contribution is -2.08. The van der Waals surface area contributed by atoms with Crippen molar-refractivity contribution >= 4 is 29.2 Å². The van der Waals surface area contributed by atoms with Crippen LogP contribution in [0.3, 0.4) is 0 Å². The third-order valence-electron chi connectivity index (χ3n) is 4.22. The number of aromatic nitrogens is 2. The van der Waals surface area contributed by atoms with Gasteiger partial charge in [0.25, 0.3) is 5.88 Å². The van der Waals surface area contributed by atoms with Crippen molar-refractivity contribution in [3.05, 3.63) is 58.1 Å². The topological polar surface area (TPSA) is 62.6 Å². The summed E-state index contributed by atoms with van der Waals surface area (Å²) in [5.41, 5.74) is 1.72. The van der Waals surface area contributed by atoms with Crippen LogP contribution >= 0.6 is 23.2 Å². The highest BCUT2D eigenvalue weighted by Crippen LogP contribution is 2.36. The molecule has 0 aliphatic rings. The summed E-state index contributed by atoms with van der Waals surface area (Å²) in [6.45, 7) is -1.19. The summed E-state index contributed by atoms with van der Waals surface area (Å²) >= 11 is 12.1. The molecule has 0 saturated heterocycles. The number of halogens is 4. The molecule has 164 valence electrons. The van der Waals surface area contributed by atoms with Gasteiger partial charge in [-0.05, 0) is 36.4 Å². The van der Waals surface area contributed by atoms with Gasteiger partial charge in [-0.3, -0.25) is 9.48 Å². The van der Waals surface area contributed by atoms with Crippen molar-refractivity contribution in [2.24, 2.45) is 7.05 Å². The number of carbonyl (C=O) groups is 1. The Labute approximate surface area is 187 Å². The number of hydrogen-bond donors (Lipinski definition) is 0. The first-order valence-electron chi connectivity index (χ1n) is 9.18. The maximum absolute atomic E-state index is 12.5. The van der Waals surface area contributed by atoms with Crippen LogP contribution in [0.15, 0.2) is 42.5 Å². The van der Waals surface area contributed by atoms with Crippen LogP contribution in [0.5, 0.6) is 17.4 Å². The van der Waals surface area contributed by atoms with E-state index in [0.717, 1.165) is 0 Å². The summed E-state index contributed by atoms with van der Waals surface area (Å²) < 4.78 is 41.7. The molecule has 0 bridgehead atoms. The van der Waals surface area contributed by atoms with E-state index in [2.05, 4.69) is 9.84 Å². The molecule has 1 aromatic heterocycles. The number of carbonyl (C=O) groups excluding carboxylic acids is 1. The molecular formula is C21H18Cl2F2N2O4. The summed E-state index contributed by atoms with van der Waals surface area (Å²) in [5, 5.41) is 4.30. The van der Waals surface area contributed by atoms with E-state index >= 15 is 0 Å². The molecule has 0 aliphatic carbocycles. The maximum Gasteiger partial charge on any atom is 0.388 e. The maximum atomic E-state index is 12.5. The van der Waals surface area contributed by atoms with Crippen LogP contribution in [-0.4, -0.2) is 22.4 Å². The first kappa shape index (κ1) is 22.8. The Hall–Kier alpha value is -2.84. The van der Waals surface area contributed by atoms with Crippen LogP contribution < -0.4 is 14.2 Å². The molecule has 3 aromatic rings. The van der Waals surface area contributed by atoms with Crippen molar-refractivity contribution in [1.29, 1.82) is 0 Å². The highest BCUT2D eigenvalue weighted by atomic mass is 35.5. The highest BCUT2D eigenvalue weighted by Gasteiger charge is 2.20. The SMILES string of the molecule is CCC(=O)Oc1cc(Cl)ccc1COc1ccc(-c2c(Cl)c(OC(F)F)nn2C)cc1. The number of hydrogen-bond acceptors (Lipinski definition) is 5. The Morgan fingerprint density at radius 1 is 1.16 bits per heavy atom. The van der Waals surface area contributed by atoms with Crippen LogP contribution in [0.2, 0.25) is 10.0 Å². The molecule has 6 nitrogen and oxygen atoms in total. The van der Waals surface area contributed by atoms with Crippen molar-refractivity contribution in [1.82, 2.24) is 9.78 Å². The van der Waals surface area contributed by atoms with Gasteiger partial charge in [-0.2, -0.15) is 8.78 Å². The molecule has 0 unspecified atom stereocenters. The molecule has 0 spiro atoms. The summed E-state index contributed by atoms with van der Waals surface area (Å²) in [6.07, 6.45) is 0.231. The minimum absolute atomic E-state index is 0.0139. The normalized spacial score (nSPS) is 10.9. The Morgan fingerprint density at radius 2 is 1.87 bits per heavy atom. The van der Waals surface area contributed by atoms with E-state index in [1.807, 2.05) is 0 Å². The largest absolute Gasteiger partial charge is 0.489 e. The number of ether oxygens (including phenoxy) is 3. The molecule has 0 atom stereocenters. The fraction of sp³-hybridized carbons (Fsp3) is 0.238. The van der Waals surface area contributed by atoms with E-state index < -0.39 is 6.61 Å². The van der Waals surface area contributed by atoms with Crippen molar-refractivity contribution in [3.8, 4) is 28.6 Å². The van der Waals surface area contributed by atoms with Crippen LogP contribution in [0.1, 0.15) is 18.9 Å². The van der Waals surface area contributed by atoms with Gasteiger partial charge in [-0.25, -0.2) is 0 Å². The van der Waals surface area contributed by atoms with Crippen LogP contribution in [0, 0.1) is 0 Å². The Balaban J connectivity index is 1.74. The van der Waals surface area contributed by atoms with Gasteiger partial charge >= 0.3 is 12.6 Å². The number of benzene rings is 2. The number of aryl methyl sites for hydroxylation is 1. The molecule has 0 amide bonds. The molecule has 0 N–H and O–H groups in total. The van der Waals surface area contributed by atoms with E-state index in [9.17, 15) is 13.6 Å². The van der Waals surface area contributed by atoms with E-state index in [1.54, 1.807) is 56.4 Å². The number of nitrogens with zero attached hydrogens (tertiary/aromatic N) is 2. The standard InChI is InChI=1S/C21H18Cl2F2N2O4/c1-3-17(28)30-16-10-14(22)7-4-13(16)11-29-15-8-5-12(6-9-15)19-18(23)20(26-27(19)2)31-21(24)25/h4-10,21H,3,11H2,1-2H3. The van der Waals surface area contributed by atoms with Crippen molar-refractivity contribution < 1.29 is 27.8 Å². The zero-order valence-electron chi connectivity index (χ0n) is 16.6. The third kappa shape index (κ3) is 5.65. The van der Waals surface area contributed by atoms with Crippen molar-refractivity contribution in [2.75, 3.05) is 0 Å². The molecule has 0 saturated carbocycles. The molecule has 0 radical (unpaired) electrons. The van der Waals surface area contributed by atoms with E-state index in [-0.39, 0.29) is 29.9 Å². The molecule has 10 heteroatoms. The lowest BCUT2D eigenvalue weighted by molar-refractivity contribution is -0.134. The minimum atomic E-state index is -3.02. The highest BCUT2D eigenvalue weighted by molar-refractivity contribution is 6.34. The van der Waals surface area contributed by atoms with Crippen LogP contribution in [-0.2, 0) is 18.4 Å². The summed E-state index contributed by atoms with van der Waals surface area (Å²) in [7, 11) is 1.57. The van der Waals surface area contributed by atoms with Gasteiger partial charge in [0.1, 0.15) is 23.1 Å².